The average Bonchev–Trinajstić information content (AvgIpc) is 3.11. The SMILES string of the molecule is COC(=O)[C@@]12COC[C@@H]1CN(C(=O)c1cc(C)ncc1OC)C2. The quantitative estimate of drug-likeness (QED) is 0.762. The van der Waals surface area contributed by atoms with Crippen molar-refractivity contribution in [2.24, 2.45) is 11.3 Å². The van der Waals surface area contributed by atoms with Crippen molar-refractivity contribution in [2.45, 2.75) is 6.92 Å². The lowest BCUT2D eigenvalue weighted by molar-refractivity contribution is -0.153. The summed E-state index contributed by atoms with van der Waals surface area (Å²) in [5.74, 6) is -0.0768. The molecular weight excluding hydrogens is 300 g/mol. The van der Waals surface area contributed by atoms with Crippen molar-refractivity contribution in [1.29, 1.82) is 0 Å². The Kier molecular flexibility index (Phi) is 3.97. The smallest absolute Gasteiger partial charge is 0.316 e. The molecular formula is C16H20N2O5. The van der Waals surface area contributed by atoms with Gasteiger partial charge in [0.15, 0.2) is 0 Å². The second-order valence-corrected chi connectivity index (χ2v) is 6.07. The highest BCUT2D eigenvalue weighted by molar-refractivity contribution is 5.97. The largest absolute Gasteiger partial charge is 0.494 e. The van der Waals surface area contributed by atoms with E-state index in [2.05, 4.69) is 4.98 Å². The molecule has 2 aliphatic heterocycles. The molecule has 0 bridgehead atoms. The van der Waals surface area contributed by atoms with Crippen molar-refractivity contribution >= 4 is 11.9 Å². The molecule has 124 valence electrons. The molecule has 23 heavy (non-hydrogen) atoms. The number of ether oxygens (including phenoxy) is 3. The highest BCUT2D eigenvalue weighted by Crippen LogP contribution is 2.43. The van der Waals surface area contributed by atoms with Gasteiger partial charge in [-0.3, -0.25) is 14.6 Å². The summed E-state index contributed by atoms with van der Waals surface area (Å²) in [5.41, 5.74) is 0.445. The van der Waals surface area contributed by atoms with Gasteiger partial charge in [0.05, 0.1) is 39.2 Å². The van der Waals surface area contributed by atoms with Crippen molar-refractivity contribution in [3.05, 3.63) is 23.5 Å². The van der Waals surface area contributed by atoms with Gasteiger partial charge in [0.1, 0.15) is 11.2 Å². The number of aryl methyl sites for hydroxylation is 1. The summed E-state index contributed by atoms with van der Waals surface area (Å²) in [6.07, 6.45) is 1.54. The third kappa shape index (κ3) is 2.45. The van der Waals surface area contributed by atoms with Crippen molar-refractivity contribution in [3.8, 4) is 5.75 Å². The van der Waals surface area contributed by atoms with Crippen LogP contribution in [-0.4, -0.2) is 62.3 Å². The van der Waals surface area contributed by atoms with Gasteiger partial charge in [0.2, 0.25) is 0 Å². The molecule has 7 heteroatoms. The Hall–Kier alpha value is -2.15. The first-order valence-corrected chi connectivity index (χ1v) is 7.48. The molecule has 0 saturated carbocycles. The molecule has 1 aromatic rings. The lowest BCUT2D eigenvalue weighted by Crippen LogP contribution is -2.41. The summed E-state index contributed by atoms with van der Waals surface area (Å²) in [6, 6.07) is 1.70. The minimum Gasteiger partial charge on any atom is -0.494 e. The molecule has 7 nitrogen and oxygen atoms in total. The molecule has 2 fully saturated rings. The van der Waals surface area contributed by atoms with Gasteiger partial charge in [0.25, 0.3) is 5.91 Å². The number of fused-ring (bicyclic) bond motifs is 1. The highest BCUT2D eigenvalue weighted by atomic mass is 16.5. The van der Waals surface area contributed by atoms with Crippen LogP contribution < -0.4 is 4.74 Å². The van der Waals surface area contributed by atoms with Crippen LogP contribution >= 0.6 is 0 Å². The van der Waals surface area contributed by atoms with E-state index in [4.69, 9.17) is 14.2 Å². The summed E-state index contributed by atoms with van der Waals surface area (Å²) in [6.45, 7) is 3.34. The fourth-order valence-electron chi connectivity index (χ4n) is 3.43. The molecule has 3 rings (SSSR count). The lowest BCUT2D eigenvalue weighted by Gasteiger charge is -2.24. The molecule has 0 unspecified atom stereocenters. The molecule has 0 spiro atoms. The number of carbonyl (C=O) groups excluding carboxylic acids is 2. The number of aromatic nitrogens is 1. The van der Waals surface area contributed by atoms with Gasteiger partial charge in [0, 0.05) is 24.7 Å². The van der Waals surface area contributed by atoms with Gasteiger partial charge < -0.3 is 19.1 Å². The molecule has 2 saturated heterocycles. The van der Waals surface area contributed by atoms with Crippen molar-refractivity contribution in [3.63, 3.8) is 0 Å². The molecule has 0 aromatic carbocycles. The molecule has 0 aliphatic carbocycles. The lowest BCUT2D eigenvalue weighted by atomic mass is 9.81. The Morgan fingerprint density at radius 1 is 1.43 bits per heavy atom. The third-order valence-corrected chi connectivity index (χ3v) is 4.71. The highest BCUT2D eigenvalue weighted by Gasteiger charge is 2.57. The van der Waals surface area contributed by atoms with Crippen molar-refractivity contribution < 1.29 is 23.8 Å². The van der Waals surface area contributed by atoms with Crippen LogP contribution in [0.25, 0.3) is 0 Å². The Morgan fingerprint density at radius 2 is 2.22 bits per heavy atom. The fraction of sp³-hybridized carbons (Fsp3) is 0.562. The maximum atomic E-state index is 12.9. The zero-order valence-electron chi connectivity index (χ0n) is 13.5. The number of nitrogens with zero attached hydrogens (tertiary/aromatic N) is 2. The van der Waals surface area contributed by atoms with E-state index < -0.39 is 5.41 Å². The van der Waals surface area contributed by atoms with Crippen LogP contribution in [0, 0.1) is 18.3 Å². The first-order valence-electron chi connectivity index (χ1n) is 7.48. The van der Waals surface area contributed by atoms with Crippen LogP contribution in [0.2, 0.25) is 0 Å². The number of amides is 1. The number of hydrogen-bond acceptors (Lipinski definition) is 6. The first-order chi connectivity index (χ1) is 11.0. The molecule has 2 aliphatic rings. The number of methoxy groups -OCH3 is 2. The summed E-state index contributed by atoms with van der Waals surface area (Å²) in [7, 11) is 2.87. The number of esters is 1. The predicted molar refractivity (Wildman–Crippen MR) is 80.2 cm³/mol. The van der Waals surface area contributed by atoms with Gasteiger partial charge >= 0.3 is 5.97 Å². The van der Waals surface area contributed by atoms with E-state index >= 15 is 0 Å². The van der Waals surface area contributed by atoms with Crippen LogP contribution in [0.3, 0.4) is 0 Å². The molecule has 2 atom stereocenters. The van der Waals surface area contributed by atoms with Crippen LogP contribution in [0.4, 0.5) is 0 Å². The van der Waals surface area contributed by atoms with E-state index in [0.29, 0.717) is 37.6 Å². The van der Waals surface area contributed by atoms with E-state index in [1.54, 1.807) is 17.2 Å². The topological polar surface area (TPSA) is 78.0 Å². The Balaban J connectivity index is 1.88. The number of pyridine rings is 1. The summed E-state index contributed by atoms with van der Waals surface area (Å²) >= 11 is 0. The zero-order valence-corrected chi connectivity index (χ0v) is 13.5. The zero-order chi connectivity index (χ0) is 16.6. The Morgan fingerprint density at radius 3 is 2.91 bits per heavy atom. The average molecular weight is 320 g/mol. The molecule has 0 radical (unpaired) electrons. The van der Waals surface area contributed by atoms with E-state index in [0.717, 1.165) is 5.69 Å². The molecule has 0 N–H and O–H groups in total. The van der Waals surface area contributed by atoms with Crippen molar-refractivity contribution in [2.75, 3.05) is 40.5 Å². The van der Waals surface area contributed by atoms with Crippen molar-refractivity contribution in [1.82, 2.24) is 9.88 Å². The predicted octanol–water partition coefficient (Wildman–Crippen LogP) is 0.660. The summed E-state index contributed by atoms with van der Waals surface area (Å²) in [5, 5.41) is 0. The Labute approximate surface area is 134 Å². The van der Waals surface area contributed by atoms with E-state index in [9.17, 15) is 9.59 Å². The standard InChI is InChI=1S/C16H20N2O5/c1-10-4-12(13(21-2)5-17-10)14(19)18-6-11-7-23-9-16(11,8-18)15(20)22-3/h4-5,11H,6-9H2,1-3H3/t11-,16-/m0/s1. The minimum absolute atomic E-state index is 0.0344. The number of carbonyl (C=O) groups is 2. The van der Waals surface area contributed by atoms with E-state index in [-0.39, 0.29) is 17.8 Å². The Bertz CT molecular complexity index is 647. The van der Waals surface area contributed by atoms with Gasteiger partial charge in [-0.15, -0.1) is 0 Å². The molecule has 1 amide bonds. The number of rotatable bonds is 3. The van der Waals surface area contributed by atoms with Gasteiger partial charge in [-0.25, -0.2) is 0 Å². The van der Waals surface area contributed by atoms with E-state index in [1.165, 1.54) is 14.2 Å². The third-order valence-electron chi connectivity index (χ3n) is 4.71. The van der Waals surface area contributed by atoms with Gasteiger partial charge in [-0.2, -0.15) is 0 Å². The second-order valence-electron chi connectivity index (χ2n) is 6.07. The van der Waals surface area contributed by atoms with E-state index in [1.807, 2.05) is 6.92 Å². The first kappa shape index (κ1) is 15.7. The second kappa shape index (κ2) is 5.81. The minimum atomic E-state index is -0.750. The van der Waals surface area contributed by atoms with Gasteiger partial charge in [-0.1, -0.05) is 0 Å². The monoisotopic (exact) mass is 320 g/mol. The van der Waals surface area contributed by atoms with Crippen LogP contribution in [0.1, 0.15) is 16.1 Å². The summed E-state index contributed by atoms with van der Waals surface area (Å²) < 4.78 is 15.6. The summed E-state index contributed by atoms with van der Waals surface area (Å²) in [4.78, 5) is 30.9. The molecule has 1 aromatic heterocycles. The van der Waals surface area contributed by atoms with Crippen LogP contribution in [-0.2, 0) is 14.3 Å². The maximum Gasteiger partial charge on any atom is 0.316 e. The van der Waals surface area contributed by atoms with Crippen LogP contribution in [0.5, 0.6) is 5.75 Å². The molecule has 3 heterocycles. The normalized spacial score (nSPS) is 26.0. The van der Waals surface area contributed by atoms with Crippen LogP contribution in [0.15, 0.2) is 12.3 Å². The van der Waals surface area contributed by atoms with Gasteiger partial charge in [-0.05, 0) is 13.0 Å². The fourth-order valence-corrected chi connectivity index (χ4v) is 3.43. The number of hydrogen-bond donors (Lipinski definition) is 0. The number of likely N-dealkylation sites (tertiary alicyclic amines) is 1. The maximum absolute atomic E-state index is 12.9.